The first kappa shape index (κ1) is 8.39. The zero-order chi connectivity index (χ0) is 9.10. The van der Waals surface area contributed by atoms with E-state index < -0.39 is 0 Å². The summed E-state index contributed by atoms with van der Waals surface area (Å²) in [5.74, 6) is 0.785. The molecule has 2 rings (SSSR count). The van der Waals surface area contributed by atoms with E-state index >= 15 is 0 Å². The number of benzene rings is 1. The highest BCUT2D eigenvalue weighted by atomic mass is 35.5. The van der Waals surface area contributed by atoms with Gasteiger partial charge in [-0.25, -0.2) is 0 Å². The van der Waals surface area contributed by atoms with E-state index in [1.54, 1.807) is 6.26 Å². The highest BCUT2D eigenvalue weighted by Crippen LogP contribution is 2.28. The van der Waals surface area contributed by atoms with Crippen LogP contribution in [0.15, 0.2) is 53.1 Å². The third-order valence-corrected chi connectivity index (χ3v) is 2.35. The Hall–Kier alpha value is -1.21. The van der Waals surface area contributed by atoms with Gasteiger partial charge in [-0.05, 0) is 17.7 Å². The van der Waals surface area contributed by atoms with E-state index in [1.807, 2.05) is 42.5 Å². The largest absolute Gasteiger partial charge is 0.467 e. The fourth-order valence-corrected chi connectivity index (χ4v) is 1.49. The third-order valence-electron chi connectivity index (χ3n) is 1.89. The Kier molecular flexibility index (Phi) is 2.37. The van der Waals surface area contributed by atoms with Crippen molar-refractivity contribution < 1.29 is 4.42 Å². The highest BCUT2D eigenvalue weighted by Gasteiger charge is 2.11. The maximum atomic E-state index is 6.18. The lowest BCUT2D eigenvalue weighted by molar-refractivity contribution is 0.516. The Morgan fingerprint density at radius 1 is 1.00 bits per heavy atom. The SMILES string of the molecule is ClC(c1ccccc1)c1ccco1. The monoisotopic (exact) mass is 192 g/mol. The molecule has 1 atom stereocenters. The summed E-state index contributed by atoms with van der Waals surface area (Å²) in [4.78, 5) is 0. The van der Waals surface area contributed by atoms with Gasteiger partial charge in [-0.2, -0.15) is 0 Å². The van der Waals surface area contributed by atoms with Gasteiger partial charge in [-0.1, -0.05) is 30.3 Å². The molecule has 1 heterocycles. The van der Waals surface area contributed by atoms with Gasteiger partial charge in [0.15, 0.2) is 0 Å². The maximum Gasteiger partial charge on any atom is 0.126 e. The van der Waals surface area contributed by atoms with Crippen LogP contribution in [0.1, 0.15) is 16.7 Å². The molecule has 0 bridgehead atoms. The predicted octanol–water partition coefficient (Wildman–Crippen LogP) is 3.61. The van der Waals surface area contributed by atoms with Crippen molar-refractivity contribution in [1.82, 2.24) is 0 Å². The molecular weight excluding hydrogens is 184 g/mol. The molecule has 0 aliphatic rings. The van der Waals surface area contributed by atoms with Crippen LogP contribution in [0, 0.1) is 0 Å². The average Bonchev–Trinajstić information content (AvgIpc) is 2.71. The lowest BCUT2D eigenvalue weighted by atomic mass is 10.1. The van der Waals surface area contributed by atoms with Crippen LogP contribution in [0.2, 0.25) is 0 Å². The zero-order valence-corrected chi connectivity index (χ0v) is 7.74. The number of hydrogen-bond acceptors (Lipinski definition) is 1. The standard InChI is InChI=1S/C11H9ClO/c12-11(10-7-4-8-13-10)9-5-2-1-3-6-9/h1-8,11H. The van der Waals surface area contributed by atoms with Crippen LogP contribution >= 0.6 is 11.6 Å². The smallest absolute Gasteiger partial charge is 0.126 e. The van der Waals surface area contributed by atoms with Crippen LogP contribution in [0.5, 0.6) is 0 Å². The Labute approximate surface area is 82.0 Å². The fourth-order valence-electron chi connectivity index (χ4n) is 1.22. The summed E-state index contributed by atoms with van der Waals surface area (Å²) in [5, 5.41) is -0.184. The summed E-state index contributed by atoms with van der Waals surface area (Å²) >= 11 is 6.18. The molecule has 13 heavy (non-hydrogen) atoms. The van der Waals surface area contributed by atoms with E-state index in [-0.39, 0.29) is 5.38 Å². The number of rotatable bonds is 2. The fraction of sp³-hybridized carbons (Fsp3) is 0.0909. The quantitative estimate of drug-likeness (QED) is 0.663. The molecule has 0 radical (unpaired) electrons. The second kappa shape index (κ2) is 3.67. The Morgan fingerprint density at radius 2 is 1.77 bits per heavy atom. The molecule has 1 nitrogen and oxygen atoms in total. The average molecular weight is 193 g/mol. The van der Waals surface area contributed by atoms with E-state index in [4.69, 9.17) is 16.0 Å². The van der Waals surface area contributed by atoms with Crippen LogP contribution in [0.4, 0.5) is 0 Å². The van der Waals surface area contributed by atoms with Crippen LogP contribution < -0.4 is 0 Å². The molecule has 1 unspecified atom stereocenters. The van der Waals surface area contributed by atoms with E-state index in [0.29, 0.717) is 0 Å². The Balaban J connectivity index is 2.29. The molecule has 2 aromatic rings. The molecule has 0 fully saturated rings. The van der Waals surface area contributed by atoms with Crippen molar-refractivity contribution in [3.63, 3.8) is 0 Å². The molecule has 0 aliphatic heterocycles. The molecule has 2 heteroatoms. The summed E-state index contributed by atoms with van der Waals surface area (Å²) in [7, 11) is 0. The summed E-state index contributed by atoms with van der Waals surface area (Å²) in [6.07, 6.45) is 1.63. The van der Waals surface area contributed by atoms with Crippen molar-refractivity contribution in [2.45, 2.75) is 5.38 Å². The van der Waals surface area contributed by atoms with Crippen molar-refractivity contribution in [2.75, 3.05) is 0 Å². The van der Waals surface area contributed by atoms with Gasteiger partial charge < -0.3 is 4.42 Å². The summed E-state index contributed by atoms with van der Waals surface area (Å²) in [6, 6.07) is 13.6. The van der Waals surface area contributed by atoms with Crippen molar-refractivity contribution in [3.05, 3.63) is 60.1 Å². The van der Waals surface area contributed by atoms with Crippen molar-refractivity contribution >= 4 is 11.6 Å². The predicted molar refractivity (Wildman–Crippen MR) is 52.8 cm³/mol. The lowest BCUT2D eigenvalue weighted by Gasteiger charge is -2.05. The first-order chi connectivity index (χ1) is 6.38. The third kappa shape index (κ3) is 1.76. The molecule has 0 amide bonds. The second-order valence-electron chi connectivity index (χ2n) is 2.79. The number of halogens is 1. The molecule has 0 saturated heterocycles. The van der Waals surface area contributed by atoms with Crippen LogP contribution in [-0.4, -0.2) is 0 Å². The van der Waals surface area contributed by atoms with Crippen molar-refractivity contribution in [1.29, 1.82) is 0 Å². The van der Waals surface area contributed by atoms with Crippen molar-refractivity contribution in [3.8, 4) is 0 Å². The molecule has 0 spiro atoms. The minimum Gasteiger partial charge on any atom is -0.467 e. The van der Waals surface area contributed by atoms with Crippen LogP contribution in [0.25, 0.3) is 0 Å². The molecular formula is C11H9ClO. The van der Waals surface area contributed by atoms with Gasteiger partial charge in [0.1, 0.15) is 11.1 Å². The minimum absolute atomic E-state index is 0.184. The molecule has 66 valence electrons. The van der Waals surface area contributed by atoms with Gasteiger partial charge >= 0.3 is 0 Å². The minimum atomic E-state index is -0.184. The van der Waals surface area contributed by atoms with Crippen molar-refractivity contribution in [2.24, 2.45) is 0 Å². The lowest BCUT2D eigenvalue weighted by Crippen LogP contribution is -1.89. The van der Waals surface area contributed by atoms with E-state index in [9.17, 15) is 0 Å². The van der Waals surface area contributed by atoms with Gasteiger partial charge in [-0.15, -0.1) is 11.6 Å². The topological polar surface area (TPSA) is 13.1 Å². The second-order valence-corrected chi connectivity index (χ2v) is 3.23. The Bertz CT molecular complexity index is 353. The first-order valence-corrected chi connectivity index (χ1v) is 4.54. The van der Waals surface area contributed by atoms with Gasteiger partial charge in [0.2, 0.25) is 0 Å². The first-order valence-electron chi connectivity index (χ1n) is 4.10. The van der Waals surface area contributed by atoms with E-state index in [0.717, 1.165) is 11.3 Å². The van der Waals surface area contributed by atoms with Gasteiger partial charge in [0.25, 0.3) is 0 Å². The molecule has 0 saturated carbocycles. The number of alkyl halides is 1. The summed E-state index contributed by atoms with van der Waals surface area (Å²) in [5.41, 5.74) is 1.05. The van der Waals surface area contributed by atoms with E-state index in [2.05, 4.69) is 0 Å². The molecule has 1 aromatic carbocycles. The number of furan rings is 1. The summed E-state index contributed by atoms with van der Waals surface area (Å²) < 4.78 is 5.22. The number of hydrogen-bond donors (Lipinski definition) is 0. The highest BCUT2D eigenvalue weighted by molar-refractivity contribution is 6.22. The maximum absolute atomic E-state index is 6.18. The van der Waals surface area contributed by atoms with Gasteiger partial charge in [0, 0.05) is 0 Å². The normalized spacial score (nSPS) is 12.7. The van der Waals surface area contributed by atoms with Gasteiger partial charge in [-0.3, -0.25) is 0 Å². The molecule has 0 N–H and O–H groups in total. The molecule has 1 aromatic heterocycles. The molecule has 0 aliphatic carbocycles. The van der Waals surface area contributed by atoms with Gasteiger partial charge in [0.05, 0.1) is 6.26 Å². The van der Waals surface area contributed by atoms with E-state index in [1.165, 1.54) is 0 Å². The van der Waals surface area contributed by atoms with Crippen LogP contribution in [0.3, 0.4) is 0 Å². The zero-order valence-electron chi connectivity index (χ0n) is 6.98. The Morgan fingerprint density at radius 3 is 2.38 bits per heavy atom. The van der Waals surface area contributed by atoms with Crippen LogP contribution in [-0.2, 0) is 0 Å². The summed E-state index contributed by atoms with van der Waals surface area (Å²) in [6.45, 7) is 0.